The fraction of sp³-hybridized carbons (Fsp3) is 0.211. The van der Waals surface area contributed by atoms with Crippen molar-refractivity contribution in [2.24, 2.45) is 0 Å². The SMILES string of the molecule is COc1ccc(/C=C/C(=O)Nc2nnc(SCC(=O)Nc3cc(C)on3)s2)cc1OC. The van der Waals surface area contributed by atoms with Gasteiger partial charge in [0.25, 0.3) is 0 Å². The van der Waals surface area contributed by atoms with Gasteiger partial charge in [-0.25, -0.2) is 0 Å². The van der Waals surface area contributed by atoms with E-state index in [0.29, 0.717) is 32.5 Å². The zero-order valence-corrected chi connectivity index (χ0v) is 18.5. The van der Waals surface area contributed by atoms with Crippen LogP contribution in [0.1, 0.15) is 11.3 Å². The van der Waals surface area contributed by atoms with Crippen LogP contribution in [0.2, 0.25) is 0 Å². The van der Waals surface area contributed by atoms with Crippen molar-refractivity contribution in [2.45, 2.75) is 11.3 Å². The molecule has 12 heteroatoms. The smallest absolute Gasteiger partial charge is 0.250 e. The van der Waals surface area contributed by atoms with Crippen LogP contribution in [0.4, 0.5) is 10.9 Å². The van der Waals surface area contributed by atoms with Crippen LogP contribution in [0, 0.1) is 6.92 Å². The predicted octanol–water partition coefficient (Wildman–Crippen LogP) is 3.23. The largest absolute Gasteiger partial charge is 0.493 e. The summed E-state index contributed by atoms with van der Waals surface area (Å²) >= 11 is 2.37. The standard InChI is InChI=1S/C19H19N5O5S2/c1-11-8-15(24-29-11)20-17(26)10-30-19-23-22-18(31-19)21-16(25)7-5-12-4-6-13(27-2)14(9-12)28-3/h4-9H,10H2,1-3H3,(H,20,24,26)(H,21,22,25)/b7-5+. The first-order valence-electron chi connectivity index (χ1n) is 8.87. The molecule has 0 atom stereocenters. The number of rotatable bonds is 9. The van der Waals surface area contributed by atoms with Crippen molar-refractivity contribution in [1.82, 2.24) is 15.4 Å². The highest BCUT2D eigenvalue weighted by Crippen LogP contribution is 2.28. The van der Waals surface area contributed by atoms with E-state index in [9.17, 15) is 9.59 Å². The third-order valence-electron chi connectivity index (χ3n) is 3.69. The van der Waals surface area contributed by atoms with E-state index >= 15 is 0 Å². The van der Waals surface area contributed by atoms with Crippen LogP contribution in [-0.2, 0) is 9.59 Å². The molecule has 0 aliphatic rings. The Morgan fingerprint density at radius 2 is 1.97 bits per heavy atom. The molecule has 0 spiro atoms. The van der Waals surface area contributed by atoms with Crippen LogP contribution in [0.25, 0.3) is 6.08 Å². The minimum atomic E-state index is -0.360. The summed E-state index contributed by atoms with van der Waals surface area (Å²) in [5.41, 5.74) is 0.773. The van der Waals surface area contributed by atoms with Crippen LogP contribution < -0.4 is 20.1 Å². The highest BCUT2D eigenvalue weighted by molar-refractivity contribution is 8.01. The number of nitrogens with zero attached hydrogens (tertiary/aromatic N) is 3. The molecule has 2 aromatic heterocycles. The van der Waals surface area contributed by atoms with Gasteiger partial charge in [0.1, 0.15) is 5.76 Å². The first kappa shape index (κ1) is 22.3. The Hall–Kier alpha value is -3.38. The predicted molar refractivity (Wildman–Crippen MR) is 118 cm³/mol. The van der Waals surface area contributed by atoms with Gasteiger partial charge in [0, 0.05) is 12.1 Å². The maximum Gasteiger partial charge on any atom is 0.250 e. The number of carbonyl (C=O) groups is 2. The summed E-state index contributed by atoms with van der Waals surface area (Å²) in [5, 5.41) is 17.2. The number of hydrogen-bond acceptors (Lipinski definition) is 10. The summed E-state index contributed by atoms with van der Waals surface area (Å²) in [6, 6.07) is 6.94. The second kappa shape index (κ2) is 10.6. The Morgan fingerprint density at radius 3 is 2.68 bits per heavy atom. The van der Waals surface area contributed by atoms with E-state index in [-0.39, 0.29) is 17.6 Å². The van der Waals surface area contributed by atoms with Crippen molar-refractivity contribution < 1.29 is 23.6 Å². The lowest BCUT2D eigenvalue weighted by Crippen LogP contribution is -2.14. The zero-order valence-electron chi connectivity index (χ0n) is 16.9. The monoisotopic (exact) mass is 461 g/mol. The highest BCUT2D eigenvalue weighted by atomic mass is 32.2. The summed E-state index contributed by atoms with van der Waals surface area (Å²) in [6.45, 7) is 1.73. The summed E-state index contributed by atoms with van der Waals surface area (Å²) in [6.07, 6.45) is 3.02. The van der Waals surface area contributed by atoms with Crippen LogP contribution in [0.3, 0.4) is 0 Å². The zero-order chi connectivity index (χ0) is 22.2. The molecule has 162 valence electrons. The van der Waals surface area contributed by atoms with Crippen LogP contribution >= 0.6 is 23.1 Å². The maximum atomic E-state index is 12.1. The van der Waals surface area contributed by atoms with Gasteiger partial charge in [0.2, 0.25) is 16.9 Å². The molecule has 2 amide bonds. The van der Waals surface area contributed by atoms with Crippen molar-refractivity contribution in [3.8, 4) is 11.5 Å². The van der Waals surface area contributed by atoms with E-state index in [2.05, 4.69) is 26.0 Å². The molecule has 1 aromatic carbocycles. The van der Waals surface area contributed by atoms with Crippen LogP contribution in [0.5, 0.6) is 11.5 Å². The third-order valence-corrected chi connectivity index (χ3v) is 5.67. The molecule has 0 unspecified atom stereocenters. The van der Waals surface area contributed by atoms with Gasteiger partial charge in [-0.1, -0.05) is 34.3 Å². The number of hydrogen-bond donors (Lipinski definition) is 2. The van der Waals surface area contributed by atoms with Gasteiger partial charge in [0.05, 0.1) is 20.0 Å². The van der Waals surface area contributed by atoms with Crippen molar-refractivity contribution in [1.29, 1.82) is 0 Å². The summed E-state index contributed by atoms with van der Waals surface area (Å²) in [7, 11) is 3.10. The number of anilines is 2. The Balaban J connectivity index is 1.49. The lowest BCUT2D eigenvalue weighted by atomic mass is 10.2. The number of aryl methyl sites for hydroxylation is 1. The van der Waals surface area contributed by atoms with E-state index in [4.69, 9.17) is 14.0 Å². The van der Waals surface area contributed by atoms with Gasteiger partial charge in [-0.2, -0.15) is 0 Å². The van der Waals surface area contributed by atoms with E-state index in [1.54, 1.807) is 51.5 Å². The lowest BCUT2D eigenvalue weighted by Gasteiger charge is -2.07. The topological polar surface area (TPSA) is 128 Å². The molecule has 31 heavy (non-hydrogen) atoms. The second-order valence-electron chi connectivity index (χ2n) is 5.97. The first-order chi connectivity index (χ1) is 15.0. The average molecular weight is 462 g/mol. The molecular formula is C19H19N5O5S2. The quantitative estimate of drug-likeness (QED) is 0.280. The Morgan fingerprint density at radius 1 is 1.16 bits per heavy atom. The van der Waals surface area contributed by atoms with Gasteiger partial charge in [0.15, 0.2) is 21.7 Å². The molecule has 0 saturated heterocycles. The summed E-state index contributed by atoms with van der Waals surface area (Å²) in [5.74, 6) is 1.64. The number of nitrogens with one attached hydrogen (secondary N) is 2. The van der Waals surface area contributed by atoms with E-state index in [0.717, 1.165) is 5.56 Å². The molecule has 3 rings (SSSR count). The van der Waals surface area contributed by atoms with Gasteiger partial charge in [-0.15, -0.1) is 10.2 Å². The minimum absolute atomic E-state index is 0.119. The number of methoxy groups -OCH3 is 2. The van der Waals surface area contributed by atoms with Crippen molar-refractivity contribution in [3.63, 3.8) is 0 Å². The number of ether oxygens (including phenoxy) is 2. The van der Waals surface area contributed by atoms with E-state index in [1.165, 1.54) is 29.2 Å². The molecule has 0 radical (unpaired) electrons. The normalized spacial score (nSPS) is 10.8. The molecular weight excluding hydrogens is 442 g/mol. The third kappa shape index (κ3) is 6.55. The van der Waals surface area contributed by atoms with Gasteiger partial charge < -0.3 is 19.3 Å². The van der Waals surface area contributed by atoms with Gasteiger partial charge >= 0.3 is 0 Å². The molecule has 2 N–H and O–H groups in total. The first-order valence-corrected chi connectivity index (χ1v) is 10.7. The molecule has 0 aliphatic carbocycles. The highest BCUT2D eigenvalue weighted by Gasteiger charge is 2.11. The average Bonchev–Trinajstić information content (AvgIpc) is 3.38. The molecule has 0 bridgehead atoms. The van der Waals surface area contributed by atoms with Gasteiger partial charge in [-0.05, 0) is 30.7 Å². The summed E-state index contributed by atoms with van der Waals surface area (Å²) in [4.78, 5) is 24.1. The van der Waals surface area contributed by atoms with E-state index < -0.39 is 0 Å². The van der Waals surface area contributed by atoms with Crippen LogP contribution in [0.15, 0.2) is 39.2 Å². The van der Waals surface area contributed by atoms with Gasteiger partial charge in [-0.3, -0.25) is 14.9 Å². The number of benzene rings is 1. The second-order valence-corrected chi connectivity index (χ2v) is 8.17. The molecule has 0 saturated carbocycles. The van der Waals surface area contributed by atoms with Crippen molar-refractivity contribution >= 4 is 51.9 Å². The molecule has 10 nitrogen and oxygen atoms in total. The lowest BCUT2D eigenvalue weighted by molar-refractivity contribution is -0.114. The fourth-order valence-electron chi connectivity index (χ4n) is 2.33. The Labute approximate surface area is 186 Å². The number of aromatic nitrogens is 3. The molecule has 3 aromatic rings. The number of amides is 2. The van der Waals surface area contributed by atoms with Crippen molar-refractivity contribution in [2.75, 3.05) is 30.6 Å². The fourth-order valence-corrected chi connectivity index (χ4v) is 3.88. The molecule has 2 heterocycles. The number of carbonyl (C=O) groups excluding carboxylic acids is 2. The molecule has 0 fully saturated rings. The molecule has 0 aliphatic heterocycles. The van der Waals surface area contributed by atoms with Crippen LogP contribution in [-0.4, -0.2) is 47.1 Å². The number of thioether (sulfide) groups is 1. The Bertz CT molecular complexity index is 1100. The summed E-state index contributed by atoms with van der Waals surface area (Å²) < 4.78 is 15.9. The minimum Gasteiger partial charge on any atom is -0.493 e. The Kier molecular flexibility index (Phi) is 7.62. The van der Waals surface area contributed by atoms with E-state index in [1.807, 2.05) is 0 Å². The maximum absolute atomic E-state index is 12.1. The van der Waals surface area contributed by atoms with Crippen molar-refractivity contribution in [3.05, 3.63) is 41.7 Å².